The molecule has 1 aliphatic carbocycles. The number of aromatic nitrogens is 3. The van der Waals surface area contributed by atoms with Crippen molar-refractivity contribution in [3.05, 3.63) is 39.6 Å². The van der Waals surface area contributed by atoms with Crippen molar-refractivity contribution in [2.75, 3.05) is 5.73 Å². The lowest BCUT2D eigenvalue weighted by atomic mass is 9.92. The molecule has 24 heavy (non-hydrogen) atoms. The first-order valence-corrected chi connectivity index (χ1v) is 9.67. The van der Waals surface area contributed by atoms with Gasteiger partial charge in [0.25, 0.3) is 0 Å². The summed E-state index contributed by atoms with van der Waals surface area (Å²) in [5.41, 5.74) is 10.3. The van der Waals surface area contributed by atoms with Gasteiger partial charge in [0, 0.05) is 18.4 Å². The third-order valence-electron chi connectivity index (χ3n) is 4.91. The Hall–Kier alpha value is -1.86. The number of halogens is 1. The van der Waals surface area contributed by atoms with Gasteiger partial charge in [-0.05, 0) is 39.9 Å². The number of pyridine rings is 1. The number of thiophene rings is 1. The topological polar surface area (TPSA) is 67.7 Å². The molecule has 0 saturated heterocycles. The van der Waals surface area contributed by atoms with Gasteiger partial charge >= 0.3 is 0 Å². The molecule has 4 heterocycles. The summed E-state index contributed by atoms with van der Waals surface area (Å²) in [6.07, 6.45) is 8.03. The molecule has 1 unspecified atom stereocenters. The standard InChI is InChI=1S/C17H15BrN5S/c18-14-6-10-11(8-23(9-2-1-3-9)13(10)7-20-14)15-16-12(4-5-24-16)21-17(19)22-15/h4-9,11H,1-3H2,(H2,19,21,22)/q+1. The summed E-state index contributed by atoms with van der Waals surface area (Å²) in [6.45, 7) is 0. The Balaban J connectivity index is 1.74. The number of hydrogen-bond acceptors (Lipinski definition) is 5. The van der Waals surface area contributed by atoms with E-state index in [9.17, 15) is 0 Å². The van der Waals surface area contributed by atoms with Crippen molar-refractivity contribution < 1.29 is 4.58 Å². The van der Waals surface area contributed by atoms with Crippen molar-refractivity contribution >= 4 is 55.3 Å². The number of nitrogen functional groups attached to an aromatic ring is 1. The molecular weight excluding hydrogens is 386 g/mol. The molecule has 3 aromatic heterocycles. The number of nitrogens with zero attached hydrogens (tertiary/aromatic N) is 4. The number of rotatable bonds is 2. The number of anilines is 1. The van der Waals surface area contributed by atoms with E-state index in [4.69, 9.17) is 5.73 Å². The molecule has 5 nitrogen and oxygen atoms in total. The Morgan fingerprint density at radius 3 is 2.96 bits per heavy atom. The fraction of sp³-hybridized carbons (Fsp3) is 0.294. The first-order valence-electron chi connectivity index (χ1n) is 8.00. The van der Waals surface area contributed by atoms with Gasteiger partial charge in [0.2, 0.25) is 11.6 Å². The summed E-state index contributed by atoms with van der Waals surface area (Å²) in [4.78, 5) is 13.4. The zero-order valence-electron chi connectivity index (χ0n) is 12.8. The van der Waals surface area contributed by atoms with E-state index in [2.05, 4.69) is 47.7 Å². The van der Waals surface area contributed by atoms with Crippen LogP contribution in [0.25, 0.3) is 10.2 Å². The lowest BCUT2D eigenvalue weighted by Gasteiger charge is -2.21. The van der Waals surface area contributed by atoms with Crippen LogP contribution in [0.4, 0.5) is 11.6 Å². The molecule has 120 valence electrons. The summed E-state index contributed by atoms with van der Waals surface area (Å²) in [5, 5.41) is 2.05. The van der Waals surface area contributed by atoms with Crippen molar-refractivity contribution in [1.82, 2.24) is 15.0 Å². The van der Waals surface area contributed by atoms with Crippen molar-refractivity contribution in [3.8, 4) is 0 Å². The van der Waals surface area contributed by atoms with Crippen molar-refractivity contribution in [2.45, 2.75) is 31.2 Å². The van der Waals surface area contributed by atoms with Crippen LogP contribution in [-0.2, 0) is 0 Å². The summed E-state index contributed by atoms with van der Waals surface area (Å²) >= 11 is 5.18. The molecule has 2 aliphatic rings. The van der Waals surface area contributed by atoms with Crippen LogP contribution in [-0.4, -0.2) is 31.8 Å². The number of nitrogens with two attached hydrogens (primary N) is 1. The zero-order chi connectivity index (χ0) is 16.3. The lowest BCUT2D eigenvalue weighted by Crippen LogP contribution is -2.29. The van der Waals surface area contributed by atoms with Crippen LogP contribution in [0.5, 0.6) is 0 Å². The van der Waals surface area contributed by atoms with Crippen LogP contribution in [0.1, 0.15) is 36.4 Å². The predicted molar refractivity (Wildman–Crippen MR) is 99.2 cm³/mol. The molecule has 2 N–H and O–H groups in total. The molecule has 0 radical (unpaired) electrons. The molecule has 0 aromatic carbocycles. The molecule has 1 saturated carbocycles. The number of fused-ring (bicyclic) bond motifs is 2. The Bertz CT molecular complexity index is 992. The first-order chi connectivity index (χ1) is 11.7. The van der Waals surface area contributed by atoms with Gasteiger partial charge in [-0.15, -0.1) is 11.3 Å². The highest BCUT2D eigenvalue weighted by molar-refractivity contribution is 9.10. The summed E-state index contributed by atoms with van der Waals surface area (Å²) in [7, 11) is 0. The van der Waals surface area contributed by atoms with E-state index in [0.717, 1.165) is 20.5 Å². The minimum atomic E-state index is 0.0892. The third kappa shape index (κ3) is 2.11. The smallest absolute Gasteiger partial charge is 0.228 e. The molecule has 3 aromatic rings. The fourth-order valence-corrected chi connectivity index (χ4v) is 4.75. The van der Waals surface area contributed by atoms with E-state index in [0.29, 0.717) is 12.0 Å². The Labute approximate surface area is 151 Å². The lowest BCUT2D eigenvalue weighted by molar-refractivity contribution is -0.493. The molecule has 1 aliphatic heterocycles. The van der Waals surface area contributed by atoms with Crippen LogP contribution in [0.2, 0.25) is 0 Å². The van der Waals surface area contributed by atoms with Crippen LogP contribution in [0, 0.1) is 0 Å². The number of hydrogen-bond donors (Lipinski definition) is 1. The molecule has 7 heteroatoms. The van der Waals surface area contributed by atoms with E-state index >= 15 is 0 Å². The van der Waals surface area contributed by atoms with E-state index < -0.39 is 0 Å². The Morgan fingerprint density at radius 2 is 2.17 bits per heavy atom. The van der Waals surface area contributed by atoms with E-state index in [1.807, 2.05) is 17.6 Å². The van der Waals surface area contributed by atoms with E-state index in [1.54, 1.807) is 11.3 Å². The van der Waals surface area contributed by atoms with Crippen LogP contribution >= 0.6 is 27.3 Å². The SMILES string of the molecule is Nc1nc(C2C=[N+](C3CCC3)c3cnc(Br)cc32)c2sccc2n1. The highest BCUT2D eigenvalue weighted by Gasteiger charge is 2.40. The van der Waals surface area contributed by atoms with Gasteiger partial charge in [-0.2, -0.15) is 4.58 Å². The normalized spacial score (nSPS) is 20.0. The van der Waals surface area contributed by atoms with Crippen molar-refractivity contribution in [3.63, 3.8) is 0 Å². The zero-order valence-corrected chi connectivity index (χ0v) is 15.2. The van der Waals surface area contributed by atoms with Crippen LogP contribution in [0.15, 0.2) is 28.3 Å². The molecule has 0 amide bonds. The highest BCUT2D eigenvalue weighted by Crippen LogP contribution is 2.42. The maximum Gasteiger partial charge on any atom is 0.228 e. The van der Waals surface area contributed by atoms with Gasteiger partial charge < -0.3 is 5.73 Å². The van der Waals surface area contributed by atoms with E-state index in [-0.39, 0.29) is 5.92 Å². The van der Waals surface area contributed by atoms with Gasteiger partial charge in [-0.25, -0.2) is 15.0 Å². The molecule has 5 rings (SSSR count). The molecule has 0 bridgehead atoms. The van der Waals surface area contributed by atoms with Gasteiger partial charge in [0.1, 0.15) is 16.7 Å². The quantitative estimate of drug-likeness (QED) is 0.523. The van der Waals surface area contributed by atoms with Crippen molar-refractivity contribution in [2.24, 2.45) is 0 Å². The second-order valence-corrected chi connectivity index (χ2v) is 8.02. The molecule has 1 atom stereocenters. The second kappa shape index (κ2) is 5.32. The predicted octanol–water partition coefficient (Wildman–Crippen LogP) is 3.84. The minimum absolute atomic E-state index is 0.0892. The van der Waals surface area contributed by atoms with Gasteiger partial charge in [0.05, 0.1) is 15.9 Å². The van der Waals surface area contributed by atoms with Crippen LogP contribution < -0.4 is 5.73 Å². The van der Waals surface area contributed by atoms with Gasteiger partial charge in [-0.1, -0.05) is 0 Å². The van der Waals surface area contributed by atoms with Gasteiger partial charge in [0.15, 0.2) is 12.3 Å². The van der Waals surface area contributed by atoms with Crippen LogP contribution in [0.3, 0.4) is 0 Å². The maximum atomic E-state index is 5.97. The minimum Gasteiger partial charge on any atom is -0.368 e. The van der Waals surface area contributed by atoms with Crippen molar-refractivity contribution in [1.29, 1.82) is 0 Å². The third-order valence-corrected chi connectivity index (χ3v) is 6.27. The largest absolute Gasteiger partial charge is 0.368 e. The fourth-order valence-electron chi connectivity index (χ4n) is 3.54. The summed E-state index contributed by atoms with van der Waals surface area (Å²) < 4.78 is 4.35. The van der Waals surface area contributed by atoms with E-state index in [1.165, 1.54) is 30.5 Å². The second-order valence-electron chi connectivity index (χ2n) is 6.29. The molecule has 0 spiro atoms. The maximum absolute atomic E-state index is 5.97. The first kappa shape index (κ1) is 14.5. The Kier molecular flexibility index (Phi) is 3.21. The average molecular weight is 401 g/mol. The molecular formula is C17H15BrN5S+. The average Bonchev–Trinajstić information content (AvgIpc) is 3.09. The highest BCUT2D eigenvalue weighted by atomic mass is 79.9. The Morgan fingerprint density at radius 1 is 1.29 bits per heavy atom. The van der Waals surface area contributed by atoms with Gasteiger partial charge in [-0.3, -0.25) is 0 Å². The summed E-state index contributed by atoms with van der Waals surface area (Å²) in [5.74, 6) is 0.424. The summed E-state index contributed by atoms with van der Waals surface area (Å²) in [6, 6.07) is 4.69. The monoisotopic (exact) mass is 400 g/mol. The molecule has 1 fully saturated rings.